The molecule has 0 aliphatic carbocycles. The Hall–Kier alpha value is -6.69. The molecule has 0 bridgehead atoms. The molecule has 0 aliphatic heterocycles. The van der Waals surface area contributed by atoms with E-state index in [1.54, 1.807) is 61.1 Å². The number of fused-ring (bicyclic) bond motifs is 1. The average molecular weight is 629 g/mol. The van der Waals surface area contributed by atoms with Gasteiger partial charge in [-0.05, 0) is 77.9 Å². The van der Waals surface area contributed by atoms with Crippen LogP contribution in [0.15, 0.2) is 128 Å². The Balaban J connectivity index is 0.000000164. The largest absolute Gasteiger partial charge is 0.399 e. The summed E-state index contributed by atoms with van der Waals surface area (Å²) in [5.41, 5.74) is 18.6. The molecule has 3 heterocycles. The van der Waals surface area contributed by atoms with Crippen LogP contribution in [0.2, 0.25) is 0 Å². The molecule has 10 nitrogen and oxygen atoms in total. The van der Waals surface area contributed by atoms with Crippen LogP contribution in [-0.2, 0) is 0 Å². The molecule has 0 radical (unpaired) electrons. The summed E-state index contributed by atoms with van der Waals surface area (Å²) in [7, 11) is 0. The molecule has 12 heteroatoms. The Bertz CT molecular complexity index is 2200. The van der Waals surface area contributed by atoms with E-state index in [4.69, 9.17) is 11.5 Å². The van der Waals surface area contributed by atoms with Crippen molar-refractivity contribution in [2.75, 3.05) is 16.8 Å². The van der Waals surface area contributed by atoms with Gasteiger partial charge >= 0.3 is 5.69 Å². The summed E-state index contributed by atoms with van der Waals surface area (Å²) >= 11 is 0. The van der Waals surface area contributed by atoms with Crippen molar-refractivity contribution in [3.05, 3.63) is 150 Å². The first kappa shape index (κ1) is 30.3. The maximum Gasteiger partial charge on any atom is 0.312 e. The van der Waals surface area contributed by atoms with Gasteiger partial charge in [-0.15, -0.1) is 0 Å². The molecule has 7 rings (SSSR count). The Morgan fingerprint density at radius 3 is 1.89 bits per heavy atom. The van der Waals surface area contributed by atoms with Gasteiger partial charge in [0.2, 0.25) is 5.82 Å². The number of nitro groups is 1. The molecule has 7 aromatic rings. The van der Waals surface area contributed by atoms with Crippen molar-refractivity contribution in [2.24, 2.45) is 0 Å². The number of anilines is 4. The van der Waals surface area contributed by atoms with Crippen LogP contribution in [-0.4, -0.2) is 24.4 Å². The quantitative estimate of drug-likeness (QED) is 0.0954. The zero-order valence-corrected chi connectivity index (χ0v) is 24.6. The van der Waals surface area contributed by atoms with Crippen LogP contribution in [0.1, 0.15) is 0 Å². The zero-order chi connectivity index (χ0) is 32.9. The number of nitrogens with one attached hydrogen (secondary N) is 1. The molecule has 0 fully saturated rings. The average Bonchev–Trinajstić information content (AvgIpc) is 3.49. The number of nitrogens with zero attached hydrogens (tertiary/aromatic N) is 5. The lowest BCUT2D eigenvalue weighted by molar-refractivity contribution is -0.384. The lowest BCUT2D eigenvalue weighted by Gasteiger charge is -2.08. The highest BCUT2D eigenvalue weighted by atomic mass is 19.1. The Labute approximate surface area is 267 Å². The van der Waals surface area contributed by atoms with E-state index in [1.807, 2.05) is 34.9 Å². The molecule has 0 aliphatic rings. The third-order valence-electron chi connectivity index (χ3n) is 7.10. The van der Waals surface area contributed by atoms with Crippen LogP contribution in [0.3, 0.4) is 0 Å². The number of hydrogen-bond acceptors (Lipinski definition) is 8. The first-order valence-corrected chi connectivity index (χ1v) is 14.2. The monoisotopic (exact) mass is 628 g/mol. The zero-order valence-electron chi connectivity index (χ0n) is 24.6. The predicted molar refractivity (Wildman–Crippen MR) is 179 cm³/mol. The van der Waals surface area contributed by atoms with Crippen LogP contribution in [0.25, 0.3) is 39.1 Å². The van der Waals surface area contributed by atoms with Crippen molar-refractivity contribution < 1.29 is 13.7 Å². The Morgan fingerprint density at radius 1 is 0.681 bits per heavy atom. The number of benzene rings is 4. The van der Waals surface area contributed by atoms with Crippen LogP contribution in [0, 0.1) is 21.7 Å². The van der Waals surface area contributed by atoms with Gasteiger partial charge in [-0.3, -0.25) is 14.7 Å². The van der Waals surface area contributed by atoms with Gasteiger partial charge in [0.25, 0.3) is 0 Å². The number of rotatable bonds is 6. The first-order valence-electron chi connectivity index (χ1n) is 14.2. The minimum absolute atomic E-state index is 0.108. The summed E-state index contributed by atoms with van der Waals surface area (Å²) in [6, 6.07) is 29.7. The van der Waals surface area contributed by atoms with Gasteiger partial charge in [0, 0.05) is 46.6 Å². The molecule has 0 amide bonds. The van der Waals surface area contributed by atoms with E-state index in [9.17, 15) is 18.9 Å². The smallest absolute Gasteiger partial charge is 0.312 e. The maximum absolute atomic E-state index is 13.0. The van der Waals surface area contributed by atoms with Crippen molar-refractivity contribution in [3.8, 4) is 27.9 Å². The fraction of sp³-hybridized carbons (Fsp3) is 0. The van der Waals surface area contributed by atoms with Crippen molar-refractivity contribution in [2.45, 2.75) is 0 Å². The molecule has 0 spiro atoms. The molecular weight excluding hydrogens is 602 g/mol. The van der Waals surface area contributed by atoms with Crippen LogP contribution in [0.5, 0.6) is 0 Å². The normalized spacial score (nSPS) is 10.7. The second-order valence-electron chi connectivity index (χ2n) is 10.4. The predicted octanol–water partition coefficient (Wildman–Crippen LogP) is 7.93. The van der Waals surface area contributed by atoms with E-state index in [1.165, 1.54) is 36.5 Å². The van der Waals surface area contributed by atoms with E-state index in [2.05, 4.69) is 20.3 Å². The molecule has 0 saturated heterocycles. The number of imidazole rings is 1. The Kier molecular flexibility index (Phi) is 8.47. The summed E-state index contributed by atoms with van der Waals surface area (Å²) < 4.78 is 27.9. The lowest BCUT2D eigenvalue weighted by atomic mass is 10.1. The van der Waals surface area contributed by atoms with Gasteiger partial charge in [-0.2, -0.15) is 0 Å². The van der Waals surface area contributed by atoms with Crippen molar-refractivity contribution >= 4 is 39.7 Å². The highest BCUT2D eigenvalue weighted by Gasteiger charge is 2.17. The van der Waals surface area contributed by atoms with Gasteiger partial charge in [-0.25, -0.2) is 23.7 Å². The topological polar surface area (TPSA) is 151 Å². The van der Waals surface area contributed by atoms with Gasteiger partial charge in [0.05, 0.1) is 10.6 Å². The molecule has 0 saturated carbocycles. The fourth-order valence-electron chi connectivity index (χ4n) is 4.81. The van der Waals surface area contributed by atoms with Gasteiger partial charge in [-0.1, -0.05) is 36.4 Å². The van der Waals surface area contributed by atoms with Gasteiger partial charge < -0.3 is 16.8 Å². The maximum atomic E-state index is 13.0. The second kappa shape index (κ2) is 13.1. The number of halogens is 2. The van der Waals surface area contributed by atoms with Crippen LogP contribution in [0.4, 0.5) is 37.3 Å². The number of hydrogen-bond donors (Lipinski definition) is 3. The molecule has 5 N–H and O–H groups in total. The number of nitrogen functional groups attached to an aromatic ring is 2. The Morgan fingerprint density at radius 2 is 1.28 bits per heavy atom. The van der Waals surface area contributed by atoms with E-state index >= 15 is 0 Å². The highest BCUT2D eigenvalue weighted by molar-refractivity contribution is 5.79. The number of pyridine rings is 2. The molecule has 232 valence electrons. The molecule has 4 aromatic carbocycles. The molecule has 0 unspecified atom stereocenters. The van der Waals surface area contributed by atoms with E-state index in [0.29, 0.717) is 28.2 Å². The standard InChI is InChI=1S/C18H13FN4.C17H13FN4O2/c19-14-6-4-12(5-7-14)13-8-17-18(21-10-13)23(11-22-17)16-3-1-2-15(20)9-16;18-13-6-4-11(5-7-13)12-8-16(22(23)24)17(20-10-12)21-15-3-1-2-14(19)9-15/h1-11H,20H2;1-10H,19H2,(H,20,21). The van der Waals surface area contributed by atoms with Crippen molar-refractivity contribution in [1.29, 1.82) is 0 Å². The van der Waals surface area contributed by atoms with E-state index in [-0.39, 0.29) is 23.1 Å². The molecule has 3 aromatic heterocycles. The number of aromatic nitrogens is 4. The van der Waals surface area contributed by atoms with E-state index in [0.717, 1.165) is 28.0 Å². The summed E-state index contributed by atoms with van der Waals surface area (Å²) in [6.45, 7) is 0. The van der Waals surface area contributed by atoms with Gasteiger partial charge in [0.1, 0.15) is 23.5 Å². The third-order valence-corrected chi connectivity index (χ3v) is 7.10. The van der Waals surface area contributed by atoms with E-state index < -0.39 is 4.92 Å². The van der Waals surface area contributed by atoms with Crippen molar-refractivity contribution in [1.82, 2.24) is 19.5 Å². The second-order valence-corrected chi connectivity index (χ2v) is 10.4. The summed E-state index contributed by atoms with van der Waals surface area (Å²) in [5.74, 6) is -0.522. The summed E-state index contributed by atoms with van der Waals surface area (Å²) in [6.07, 6.45) is 4.98. The fourth-order valence-corrected chi connectivity index (χ4v) is 4.81. The third kappa shape index (κ3) is 7.02. The summed E-state index contributed by atoms with van der Waals surface area (Å²) in [5, 5.41) is 14.2. The molecule has 47 heavy (non-hydrogen) atoms. The highest BCUT2D eigenvalue weighted by Crippen LogP contribution is 2.31. The lowest BCUT2D eigenvalue weighted by Crippen LogP contribution is -2.00. The minimum Gasteiger partial charge on any atom is -0.399 e. The molecule has 0 atom stereocenters. The molecular formula is C35H26F2N8O2. The number of nitrogens with two attached hydrogens (primary N) is 2. The van der Waals surface area contributed by atoms with Crippen molar-refractivity contribution in [3.63, 3.8) is 0 Å². The van der Waals surface area contributed by atoms with Gasteiger partial charge in [0.15, 0.2) is 5.65 Å². The first-order chi connectivity index (χ1) is 22.7. The summed E-state index contributed by atoms with van der Waals surface area (Å²) in [4.78, 5) is 23.9. The van der Waals surface area contributed by atoms with Crippen LogP contribution < -0.4 is 16.8 Å². The minimum atomic E-state index is -0.519. The SMILES string of the molecule is Nc1cccc(-n2cnc3cc(-c4ccc(F)cc4)cnc32)c1.Nc1cccc(Nc2ncc(-c3ccc(F)cc3)cc2[N+](=O)[O-])c1. The van der Waals surface area contributed by atoms with Crippen LogP contribution >= 0.6 is 0 Å².